The predicted octanol–water partition coefficient (Wildman–Crippen LogP) is 3.58. The number of fused-ring (bicyclic) bond motifs is 1. The van der Waals surface area contributed by atoms with Gasteiger partial charge in [0.05, 0.1) is 31.6 Å². The number of aliphatic carboxylic acids is 2. The molecule has 0 radical (unpaired) electrons. The van der Waals surface area contributed by atoms with Gasteiger partial charge in [0.15, 0.2) is 6.10 Å². The van der Waals surface area contributed by atoms with E-state index in [1.54, 1.807) is 27.7 Å². The molecule has 0 bridgehead atoms. The van der Waals surface area contributed by atoms with Crippen molar-refractivity contribution in [1.29, 1.82) is 0 Å². The van der Waals surface area contributed by atoms with E-state index in [1.807, 2.05) is 86.6 Å². The molecule has 0 spiro atoms. The van der Waals surface area contributed by atoms with Crippen LogP contribution >= 0.6 is 0 Å². The average molecular weight is 960 g/mol. The number of nitrogens with one attached hydrogen (secondary N) is 5. The van der Waals surface area contributed by atoms with Gasteiger partial charge < -0.3 is 45.9 Å². The Labute approximate surface area is 401 Å². The molecule has 3 aromatic carbocycles. The molecular formula is C49H65N7O13. The van der Waals surface area contributed by atoms with Crippen molar-refractivity contribution >= 4 is 64.2 Å². The molecule has 0 unspecified atom stereocenters. The maximum absolute atomic E-state index is 14.8. The average Bonchev–Trinajstić information content (AvgIpc) is 3.74. The van der Waals surface area contributed by atoms with E-state index in [-0.39, 0.29) is 32.5 Å². The number of hydrogen-bond acceptors (Lipinski definition) is 11. The third-order valence-corrected chi connectivity index (χ3v) is 11.7. The van der Waals surface area contributed by atoms with Crippen LogP contribution in [0.3, 0.4) is 0 Å². The van der Waals surface area contributed by atoms with E-state index in [1.165, 1.54) is 9.91 Å². The summed E-state index contributed by atoms with van der Waals surface area (Å²) in [4.78, 5) is 120. The van der Waals surface area contributed by atoms with Crippen LogP contribution in [-0.2, 0) is 54.4 Å². The van der Waals surface area contributed by atoms with E-state index in [2.05, 4.69) is 26.7 Å². The quantitative estimate of drug-likeness (QED) is 0.0530. The van der Waals surface area contributed by atoms with Gasteiger partial charge in [-0.3, -0.25) is 39.0 Å². The van der Waals surface area contributed by atoms with Gasteiger partial charge in [-0.25, -0.2) is 14.6 Å². The van der Waals surface area contributed by atoms with Gasteiger partial charge in [0.25, 0.3) is 11.8 Å². The van der Waals surface area contributed by atoms with Crippen molar-refractivity contribution in [3.63, 3.8) is 0 Å². The number of carbonyl (C=O) groups is 9. The first-order chi connectivity index (χ1) is 32.7. The Hall–Kier alpha value is -7.09. The molecule has 0 saturated carbocycles. The van der Waals surface area contributed by atoms with E-state index >= 15 is 0 Å². The Morgan fingerprint density at radius 2 is 1.41 bits per heavy atom. The zero-order valence-electron chi connectivity index (χ0n) is 40.1. The van der Waals surface area contributed by atoms with Crippen molar-refractivity contribution in [2.45, 2.75) is 130 Å². The van der Waals surface area contributed by atoms with Crippen LogP contribution in [0.2, 0.25) is 0 Å². The lowest BCUT2D eigenvalue weighted by Gasteiger charge is -2.33. The van der Waals surface area contributed by atoms with E-state index < -0.39 is 121 Å². The first-order valence-corrected chi connectivity index (χ1v) is 23.1. The minimum Gasteiger partial charge on any atom is -0.481 e. The maximum atomic E-state index is 14.8. The highest BCUT2D eigenvalue weighted by molar-refractivity contribution is 5.97. The molecule has 69 heavy (non-hydrogen) atoms. The number of hydrogen-bond donors (Lipinski definition) is 7. The Morgan fingerprint density at radius 3 is 2.03 bits per heavy atom. The minimum absolute atomic E-state index is 0.0379. The van der Waals surface area contributed by atoms with Crippen molar-refractivity contribution in [3.05, 3.63) is 83.9 Å². The predicted molar refractivity (Wildman–Crippen MR) is 251 cm³/mol. The smallest absolute Gasteiger partial charge is 0.336 e. The molecule has 8 atom stereocenters. The molecule has 7 N–H and O–H groups in total. The zero-order chi connectivity index (χ0) is 50.9. The summed E-state index contributed by atoms with van der Waals surface area (Å²) in [6, 6.07) is 15.7. The Balaban J connectivity index is 1.58. The van der Waals surface area contributed by atoms with Gasteiger partial charge in [-0.1, -0.05) is 107 Å². The van der Waals surface area contributed by atoms with Crippen molar-refractivity contribution < 1.29 is 62.8 Å². The van der Waals surface area contributed by atoms with Crippen LogP contribution in [-0.4, -0.2) is 123 Å². The summed E-state index contributed by atoms with van der Waals surface area (Å²) in [5, 5.41) is 31.9. The number of carboxylic acids is 2. The van der Waals surface area contributed by atoms with Crippen molar-refractivity contribution in [2.24, 2.45) is 11.8 Å². The second-order valence-corrected chi connectivity index (χ2v) is 17.5. The number of urea groups is 1. The number of carbonyl (C=O) groups excluding carboxylic acids is 7. The van der Waals surface area contributed by atoms with Crippen molar-refractivity contribution in [3.8, 4) is 0 Å². The molecule has 374 valence electrons. The number of rotatable bonds is 23. The first-order valence-electron chi connectivity index (χ1n) is 23.1. The summed E-state index contributed by atoms with van der Waals surface area (Å²) in [6.07, 6.45) is -3.43. The second-order valence-electron chi connectivity index (χ2n) is 17.5. The summed E-state index contributed by atoms with van der Waals surface area (Å²) in [6.45, 7) is 11.5. The molecule has 4 rings (SSSR count). The van der Waals surface area contributed by atoms with Crippen LogP contribution in [0.25, 0.3) is 10.8 Å². The van der Waals surface area contributed by atoms with E-state index in [0.29, 0.717) is 6.42 Å². The van der Waals surface area contributed by atoms with Gasteiger partial charge in [-0.05, 0) is 47.6 Å². The van der Waals surface area contributed by atoms with Crippen LogP contribution in [0.1, 0.15) is 97.7 Å². The Bertz CT molecular complexity index is 2290. The molecule has 0 aliphatic carbocycles. The number of benzene rings is 3. The monoisotopic (exact) mass is 959 g/mol. The summed E-state index contributed by atoms with van der Waals surface area (Å²) in [5.74, 6) is -9.94. The summed E-state index contributed by atoms with van der Waals surface area (Å²) in [5.41, 5.74) is 4.46. The molecule has 20 nitrogen and oxygen atoms in total. The van der Waals surface area contributed by atoms with Crippen LogP contribution in [0.5, 0.6) is 0 Å². The fraction of sp³-hybridized carbons (Fsp3) is 0.490. The molecule has 1 aliphatic rings. The zero-order valence-corrected chi connectivity index (χ0v) is 40.1. The molecule has 3 aromatic rings. The topological polar surface area (TPSA) is 279 Å². The highest BCUT2D eigenvalue weighted by Gasteiger charge is 2.45. The van der Waals surface area contributed by atoms with Crippen LogP contribution in [0.4, 0.5) is 4.79 Å². The van der Waals surface area contributed by atoms with Crippen LogP contribution < -0.4 is 26.7 Å². The van der Waals surface area contributed by atoms with Crippen LogP contribution in [0, 0.1) is 11.8 Å². The third-order valence-electron chi connectivity index (χ3n) is 11.7. The van der Waals surface area contributed by atoms with Gasteiger partial charge >= 0.3 is 23.9 Å². The number of amides is 7. The molecule has 1 heterocycles. The Kier molecular flexibility index (Phi) is 20.4. The van der Waals surface area contributed by atoms with Crippen molar-refractivity contribution in [2.75, 3.05) is 13.1 Å². The number of nitrogens with zero attached hydrogens (tertiary/aromatic N) is 2. The van der Waals surface area contributed by atoms with Gasteiger partial charge in [-0.2, -0.15) is 0 Å². The van der Waals surface area contributed by atoms with Crippen molar-refractivity contribution in [1.82, 2.24) is 36.6 Å². The molecule has 1 aliphatic heterocycles. The minimum atomic E-state index is -1.92. The normalized spacial score (nSPS) is 17.0. The number of likely N-dealkylation sites (tertiary alicyclic amines) is 1. The first kappa shape index (κ1) is 54.5. The second kappa shape index (κ2) is 25.9. The SMILES string of the molecule is CCCN(NC(=O)[C@H]1C[C@@H](OCc2ccccc2)CN1C(=O)[C@@H](NC(=O)[C@@H](OC(=O)[C@@H](CC(=O)O)NC(=O)[C@H](CC(=O)O)NC(C)=O)[C@H](C)CC)C(C)C)C(=O)N[C@@H](C)c1cccc2ccccc12. The standard InChI is InChI=1S/C49H65N7O13/c1-8-22-56(49(67)50-30(6)35-21-15-19-33-18-13-14-20-36(33)35)54-45(63)39-23-34(68-27-32-16-11-10-12-17-32)26-55(39)47(65)42(28(3)4)53-46(64)43(29(5)9-2)69-48(66)38(25-41(60)61)52-44(62)37(24-40(58)59)51-31(7)57/h10-21,28-30,34,37-39,42-43H,8-9,22-27H2,1-7H3,(H,50,67)(H,51,57)(H,52,62)(H,53,64)(H,54,63)(H,58,59)(H,60,61)/t29-,30+,34-,37+,38-,39-,42+,43+/m1/s1. The van der Waals surface area contributed by atoms with E-state index in [0.717, 1.165) is 28.8 Å². The van der Waals surface area contributed by atoms with E-state index in [4.69, 9.17) is 9.47 Å². The lowest BCUT2D eigenvalue weighted by Crippen LogP contribution is -2.60. The summed E-state index contributed by atoms with van der Waals surface area (Å²) < 4.78 is 11.8. The third kappa shape index (κ3) is 15.7. The largest absolute Gasteiger partial charge is 0.481 e. The summed E-state index contributed by atoms with van der Waals surface area (Å²) in [7, 11) is 0. The fourth-order valence-electron chi connectivity index (χ4n) is 7.85. The highest BCUT2D eigenvalue weighted by atomic mass is 16.6. The fourth-order valence-corrected chi connectivity index (χ4v) is 7.85. The molecule has 1 saturated heterocycles. The molecule has 7 amide bonds. The molecule has 0 aromatic heterocycles. The van der Waals surface area contributed by atoms with Crippen LogP contribution in [0.15, 0.2) is 72.8 Å². The number of ether oxygens (including phenoxy) is 2. The summed E-state index contributed by atoms with van der Waals surface area (Å²) >= 11 is 0. The van der Waals surface area contributed by atoms with Gasteiger partial charge in [0.1, 0.15) is 24.2 Å². The molecular weight excluding hydrogens is 895 g/mol. The Morgan fingerprint density at radius 1 is 0.768 bits per heavy atom. The van der Waals surface area contributed by atoms with E-state index in [9.17, 15) is 53.4 Å². The molecule has 20 heteroatoms. The van der Waals surface area contributed by atoms with Gasteiger partial charge in [0.2, 0.25) is 17.7 Å². The molecule has 1 fully saturated rings. The highest BCUT2D eigenvalue weighted by Crippen LogP contribution is 2.27. The lowest BCUT2D eigenvalue weighted by atomic mass is 9.98. The van der Waals surface area contributed by atoms with Gasteiger partial charge in [0, 0.05) is 32.4 Å². The number of carboxylic acid groups (broad SMARTS) is 2. The van der Waals surface area contributed by atoms with Gasteiger partial charge in [-0.15, -0.1) is 0 Å². The lowest BCUT2D eigenvalue weighted by molar-refractivity contribution is -0.164. The number of hydrazine groups is 1. The number of esters is 1. The maximum Gasteiger partial charge on any atom is 0.336 e.